The number of amides is 1. The van der Waals surface area contributed by atoms with E-state index in [1.807, 2.05) is 18.2 Å². The Hall–Kier alpha value is -3.34. The topological polar surface area (TPSA) is 48.5 Å². The van der Waals surface area contributed by atoms with Gasteiger partial charge in [0, 0.05) is 36.7 Å². The van der Waals surface area contributed by atoms with Crippen LogP contribution in [0.2, 0.25) is 0 Å². The number of hydrogen-bond acceptors (Lipinski definition) is 4. The predicted molar refractivity (Wildman–Crippen MR) is 122 cm³/mol. The number of anilines is 4. The number of carbonyl (C=O) groups excluding carboxylic acids is 1. The van der Waals surface area contributed by atoms with Crippen molar-refractivity contribution in [1.29, 1.82) is 0 Å². The summed E-state index contributed by atoms with van der Waals surface area (Å²) in [6, 6.07) is 20.3. The zero-order valence-corrected chi connectivity index (χ0v) is 17.1. The van der Waals surface area contributed by atoms with Gasteiger partial charge in [0.05, 0.1) is 11.9 Å². The van der Waals surface area contributed by atoms with Gasteiger partial charge in [0.1, 0.15) is 5.69 Å². The molecule has 0 bridgehead atoms. The fourth-order valence-corrected chi connectivity index (χ4v) is 4.39. The molecule has 1 N–H and O–H groups in total. The van der Waals surface area contributed by atoms with Gasteiger partial charge in [-0.15, -0.1) is 0 Å². The molecule has 1 amide bonds. The minimum Gasteiger partial charge on any atom is -0.372 e. The van der Waals surface area contributed by atoms with Crippen LogP contribution in [0.25, 0.3) is 0 Å². The summed E-state index contributed by atoms with van der Waals surface area (Å²) in [5.41, 5.74) is 6.03. The molecule has 3 heterocycles. The van der Waals surface area contributed by atoms with Crippen LogP contribution in [-0.2, 0) is 6.42 Å². The number of para-hydroxylation sites is 1. The second-order valence-corrected chi connectivity index (χ2v) is 7.98. The first-order valence-electron chi connectivity index (χ1n) is 10.8. The molecule has 152 valence electrons. The highest BCUT2D eigenvalue weighted by Crippen LogP contribution is 2.33. The molecule has 2 aliphatic heterocycles. The van der Waals surface area contributed by atoms with Crippen molar-refractivity contribution in [3.8, 4) is 0 Å². The van der Waals surface area contributed by atoms with Crippen LogP contribution in [0, 0.1) is 0 Å². The van der Waals surface area contributed by atoms with Crippen molar-refractivity contribution in [2.45, 2.75) is 25.7 Å². The lowest BCUT2D eigenvalue weighted by molar-refractivity contribution is 0.102. The Kier molecular flexibility index (Phi) is 5.10. The summed E-state index contributed by atoms with van der Waals surface area (Å²) in [6.07, 6.45) is 6.65. The van der Waals surface area contributed by atoms with E-state index < -0.39 is 0 Å². The van der Waals surface area contributed by atoms with Crippen molar-refractivity contribution < 1.29 is 4.79 Å². The smallest absolute Gasteiger partial charge is 0.274 e. The maximum Gasteiger partial charge on any atom is 0.274 e. The Morgan fingerprint density at radius 1 is 0.833 bits per heavy atom. The third kappa shape index (κ3) is 3.75. The van der Waals surface area contributed by atoms with Crippen LogP contribution in [0.5, 0.6) is 0 Å². The first-order chi connectivity index (χ1) is 14.8. The average Bonchev–Trinajstić information content (AvgIpc) is 3.24. The molecule has 5 heteroatoms. The first kappa shape index (κ1) is 18.7. The zero-order valence-electron chi connectivity index (χ0n) is 17.1. The summed E-state index contributed by atoms with van der Waals surface area (Å²) in [5, 5.41) is 2.96. The number of rotatable bonds is 4. The standard InChI is InChI=1S/C25H26N4O/c30-25(27-20-8-10-21(11-9-20)28-15-4-1-5-16-28)23-13-12-22(18-26-23)29-17-14-19-6-2-3-7-24(19)29/h2-3,6-13,18H,1,4-5,14-17H2,(H,27,30). The SMILES string of the molecule is O=C(Nc1ccc(N2CCCCC2)cc1)c1ccc(N2CCc3ccccc32)cn1. The average molecular weight is 399 g/mol. The van der Waals surface area contributed by atoms with Crippen LogP contribution in [0.1, 0.15) is 35.3 Å². The minimum atomic E-state index is -0.186. The van der Waals surface area contributed by atoms with Crippen LogP contribution in [0.4, 0.5) is 22.7 Å². The lowest BCUT2D eigenvalue weighted by Gasteiger charge is -2.28. The van der Waals surface area contributed by atoms with Crippen molar-refractivity contribution in [1.82, 2.24) is 4.98 Å². The highest BCUT2D eigenvalue weighted by Gasteiger charge is 2.20. The van der Waals surface area contributed by atoms with E-state index in [-0.39, 0.29) is 5.91 Å². The quantitative estimate of drug-likeness (QED) is 0.670. The molecule has 0 spiro atoms. The number of benzene rings is 2. The highest BCUT2D eigenvalue weighted by atomic mass is 16.1. The van der Waals surface area contributed by atoms with E-state index in [9.17, 15) is 4.79 Å². The minimum absolute atomic E-state index is 0.186. The van der Waals surface area contributed by atoms with Gasteiger partial charge in [-0.3, -0.25) is 4.79 Å². The normalized spacial score (nSPS) is 15.7. The van der Waals surface area contributed by atoms with Gasteiger partial charge in [-0.2, -0.15) is 0 Å². The van der Waals surface area contributed by atoms with Gasteiger partial charge in [0.25, 0.3) is 5.91 Å². The molecule has 0 aliphatic carbocycles. The maximum atomic E-state index is 12.6. The molecule has 2 aliphatic rings. The van der Waals surface area contributed by atoms with E-state index in [0.717, 1.165) is 37.4 Å². The molecule has 0 saturated carbocycles. The molecule has 5 nitrogen and oxygen atoms in total. The van der Waals surface area contributed by atoms with Gasteiger partial charge in [-0.05, 0) is 73.7 Å². The van der Waals surface area contributed by atoms with Gasteiger partial charge in [-0.1, -0.05) is 18.2 Å². The Labute approximate surface area is 177 Å². The van der Waals surface area contributed by atoms with Crippen molar-refractivity contribution in [2.75, 3.05) is 34.8 Å². The van der Waals surface area contributed by atoms with Gasteiger partial charge in [0.15, 0.2) is 0 Å². The number of nitrogens with one attached hydrogen (secondary N) is 1. The summed E-state index contributed by atoms with van der Waals surface area (Å²) in [6.45, 7) is 3.17. The van der Waals surface area contributed by atoms with Crippen molar-refractivity contribution in [2.24, 2.45) is 0 Å². The van der Waals surface area contributed by atoms with E-state index >= 15 is 0 Å². The van der Waals surface area contributed by atoms with Gasteiger partial charge in [0.2, 0.25) is 0 Å². The molecule has 2 aromatic carbocycles. The number of pyridine rings is 1. The molecular formula is C25H26N4O. The van der Waals surface area contributed by atoms with Crippen LogP contribution >= 0.6 is 0 Å². The van der Waals surface area contributed by atoms with E-state index in [2.05, 4.69) is 56.5 Å². The summed E-state index contributed by atoms with van der Waals surface area (Å²) in [4.78, 5) is 21.7. The van der Waals surface area contributed by atoms with E-state index in [0.29, 0.717) is 5.69 Å². The molecule has 1 saturated heterocycles. The third-order valence-corrected chi connectivity index (χ3v) is 6.03. The Morgan fingerprint density at radius 3 is 2.37 bits per heavy atom. The predicted octanol–water partition coefficient (Wildman–Crippen LogP) is 5.02. The molecule has 0 unspecified atom stereocenters. The fourth-order valence-electron chi connectivity index (χ4n) is 4.39. The van der Waals surface area contributed by atoms with E-state index in [1.54, 1.807) is 12.3 Å². The summed E-state index contributed by atoms with van der Waals surface area (Å²) >= 11 is 0. The molecule has 1 aromatic heterocycles. The molecule has 1 fully saturated rings. The van der Waals surface area contributed by atoms with Crippen molar-refractivity contribution in [3.05, 3.63) is 78.1 Å². The van der Waals surface area contributed by atoms with Crippen LogP contribution in [0.15, 0.2) is 66.9 Å². The fraction of sp³-hybridized carbons (Fsp3) is 0.280. The summed E-state index contributed by atoms with van der Waals surface area (Å²) in [7, 11) is 0. The highest BCUT2D eigenvalue weighted by molar-refractivity contribution is 6.03. The Bertz CT molecular complexity index is 1020. The lowest BCUT2D eigenvalue weighted by Crippen LogP contribution is -2.29. The molecule has 3 aromatic rings. The van der Waals surface area contributed by atoms with Gasteiger partial charge < -0.3 is 15.1 Å². The van der Waals surface area contributed by atoms with Gasteiger partial charge >= 0.3 is 0 Å². The monoisotopic (exact) mass is 398 g/mol. The maximum absolute atomic E-state index is 12.6. The van der Waals surface area contributed by atoms with E-state index in [4.69, 9.17) is 0 Å². The number of carbonyl (C=O) groups is 1. The van der Waals surface area contributed by atoms with Crippen LogP contribution in [-0.4, -0.2) is 30.5 Å². The third-order valence-electron chi connectivity index (χ3n) is 6.03. The number of piperidine rings is 1. The molecule has 5 rings (SSSR count). The van der Waals surface area contributed by atoms with Crippen molar-refractivity contribution in [3.63, 3.8) is 0 Å². The second kappa shape index (κ2) is 8.19. The molecular weight excluding hydrogens is 372 g/mol. The molecule has 30 heavy (non-hydrogen) atoms. The number of nitrogens with zero attached hydrogens (tertiary/aromatic N) is 3. The zero-order chi connectivity index (χ0) is 20.3. The van der Waals surface area contributed by atoms with Crippen LogP contribution in [0.3, 0.4) is 0 Å². The van der Waals surface area contributed by atoms with Gasteiger partial charge in [-0.25, -0.2) is 4.98 Å². The summed E-state index contributed by atoms with van der Waals surface area (Å²) < 4.78 is 0. The second-order valence-electron chi connectivity index (χ2n) is 7.98. The Morgan fingerprint density at radius 2 is 1.60 bits per heavy atom. The largest absolute Gasteiger partial charge is 0.372 e. The summed E-state index contributed by atoms with van der Waals surface area (Å²) in [5.74, 6) is -0.186. The van der Waals surface area contributed by atoms with Crippen LogP contribution < -0.4 is 15.1 Å². The number of fused-ring (bicyclic) bond motifs is 1. The molecule has 0 radical (unpaired) electrons. The molecule has 0 atom stereocenters. The first-order valence-corrected chi connectivity index (χ1v) is 10.8. The number of hydrogen-bond donors (Lipinski definition) is 1. The lowest BCUT2D eigenvalue weighted by atomic mass is 10.1. The Balaban J connectivity index is 1.24. The number of aromatic nitrogens is 1. The van der Waals surface area contributed by atoms with Crippen molar-refractivity contribution >= 4 is 28.7 Å². The van der Waals surface area contributed by atoms with E-state index in [1.165, 1.54) is 36.2 Å².